The summed E-state index contributed by atoms with van der Waals surface area (Å²) in [5.41, 5.74) is 15.5. The molecule has 0 saturated heterocycles. The fourth-order valence-corrected chi connectivity index (χ4v) is 11.6. The minimum absolute atomic E-state index is 1.00. The summed E-state index contributed by atoms with van der Waals surface area (Å²) < 4.78 is 2.30. The summed E-state index contributed by atoms with van der Waals surface area (Å²) in [7, 11) is 0. The van der Waals surface area contributed by atoms with Gasteiger partial charge in [-0.15, -0.1) is 22.7 Å². The molecule has 4 nitrogen and oxygen atoms in total. The highest BCUT2D eigenvalue weighted by molar-refractivity contribution is 7.22. The second-order valence-corrected chi connectivity index (χ2v) is 19.5. The van der Waals surface area contributed by atoms with Crippen molar-refractivity contribution in [2.75, 3.05) is 9.80 Å². The van der Waals surface area contributed by atoms with Crippen molar-refractivity contribution in [2.45, 2.75) is 0 Å². The van der Waals surface area contributed by atoms with Crippen LogP contribution < -0.4 is 9.80 Å². The lowest BCUT2D eigenvalue weighted by Crippen LogP contribution is -2.10. The minimum Gasteiger partial charge on any atom is -0.310 e. The van der Waals surface area contributed by atoms with E-state index in [4.69, 9.17) is 9.97 Å². The SMILES string of the molecule is c1ccc(-c2ccc(N(c3ccc4c(ccc5cc(N(c6ccc(-c7ccccc7)cc6)c6ccc7nc(-c8ccccc8)sc7c6)ccc54)c3)c3ccc4nc(-c5ccccc5)sc4c3)cc2)cc1. The van der Waals surface area contributed by atoms with E-state index in [0.29, 0.717) is 0 Å². The summed E-state index contributed by atoms with van der Waals surface area (Å²) in [5.74, 6) is 0. The molecule has 0 aliphatic heterocycles. The van der Waals surface area contributed by atoms with Crippen LogP contribution in [0.3, 0.4) is 0 Å². The largest absolute Gasteiger partial charge is 0.310 e. The first-order chi connectivity index (χ1) is 34.6. The quantitative estimate of drug-likeness (QED) is 0.128. The van der Waals surface area contributed by atoms with Crippen molar-refractivity contribution >= 4 is 98.8 Å². The number of hydrogen-bond donors (Lipinski definition) is 0. The molecule has 0 radical (unpaired) electrons. The third-order valence-electron chi connectivity index (χ3n) is 13.1. The van der Waals surface area contributed by atoms with E-state index in [2.05, 4.69) is 252 Å². The van der Waals surface area contributed by atoms with Gasteiger partial charge in [0.25, 0.3) is 0 Å². The fourth-order valence-electron chi connectivity index (χ4n) is 9.60. The number of rotatable bonds is 10. The number of benzene rings is 11. The van der Waals surface area contributed by atoms with E-state index < -0.39 is 0 Å². The highest BCUT2D eigenvalue weighted by Gasteiger charge is 2.19. The molecule has 70 heavy (non-hydrogen) atoms. The summed E-state index contributed by atoms with van der Waals surface area (Å²) in [6, 6.07) is 91.5. The molecule has 13 aromatic rings. The lowest BCUT2D eigenvalue weighted by Gasteiger charge is -2.27. The molecule has 0 unspecified atom stereocenters. The molecule has 0 N–H and O–H groups in total. The molecule has 0 aliphatic carbocycles. The molecule has 13 rings (SSSR count). The summed E-state index contributed by atoms with van der Waals surface area (Å²) in [6.07, 6.45) is 0. The monoisotopic (exact) mass is 930 g/mol. The van der Waals surface area contributed by atoms with Crippen molar-refractivity contribution in [1.29, 1.82) is 0 Å². The van der Waals surface area contributed by atoms with E-state index >= 15 is 0 Å². The van der Waals surface area contributed by atoms with E-state index in [1.54, 1.807) is 22.7 Å². The summed E-state index contributed by atoms with van der Waals surface area (Å²) in [4.78, 5) is 14.8. The van der Waals surface area contributed by atoms with Crippen LogP contribution in [-0.2, 0) is 0 Å². The van der Waals surface area contributed by atoms with Crippen LogP contribution in [0, 0.1) is 0 Å². The van der Waals surface area contributed by atoms with Gasteiger partial charge in [0.15, 0.2) is 0 Å². The number of aromatic nitrogens is 2. The van der Waals surface area contributed by atoms with Crippen molar-refractivity contribution in [3.05, 3.63) is 255 Å². The van der Waals surface area contributed by atoms with E-state index in [1.165, 1.54) is 43.8 Å². The van der Waals surface area contributed by atoms with Gasteiger partial charge in [-0.3, -0.25) is 0 Å². The molecule has 0 aliphatic rings. The normalized spacial score (nSPS) is 11.4. The average molecular weight is 931 g/mol. The first-order valence-corrected chi connectivity index (χ1v) is 25.1. The summed E-state index contributed by atoms with van der Waals surface area (Å²) in [6.45, 7) is 0. The Bertz CT molecular complexity index is 3720. The second-order valence-electron chi connectivity index (χ2n) is 17.4. The van der Waals surface area contributed by atoms with E-state index in [1.807, 2.05) is 12.1 Å². The maximum absolute atomic E-state index is 5.03. The van der Waals surface area contributed by atoms with Crippen molar-refractivity contribution in [3.8, 4) is 43.4 Å². The van der Waals surface area contributed by atoms with Crippen LogP contribution in [0.4, 0.5) is 34.1 Å². The molecule has 330 valence electrons. The van der Waals surface area contributed by atoms with Crippen LogP contribution in [0.25, 0.3) is 85.4 Å². The molecule has 0 spiro atoms. The number of nitrogens with zero attached hydrogens (tertiary/aromatic N) is 4. The van der Waals surface area contributed by atoms with Crippen molar-refractivity contribution in [1.82, 2.24) is 9.97 Å². The van der Waals surface area contributed by atoms with Crippen LogP contribution in [0.1, 0.15) is 0 Å². The van der Waals surface area contributed by atoms with E-state index in [-0.39, 0.29) is 0 Å². The fraction of sp³-hybridized carbons (Fsp3) is 0. The molecule has 11 aromatic carbocycles. The molecular weight excluding hydrogens is 889 g/mol. The van der Waals surface area contributed by atoms with Crippen molar-refractivity contribution in [3.63, 3.8) is 0 Å². The van der Waals surface area contributed by atoms with Crippen molar-refractivity contribution < 1.29 is 0 Å². The molecule has 6 heteroatoms. The molecule has 0 fully saturated rings. The van der Waals surface area contributed by atoms with E-state index in [9.17, 15) is 0 Å². The highest BCUT2D eigenvalue weighted by atomic mass is 32.1. The predicted octanol–water partition coefficient (Wildman–Crippen LogP) is 18.8. The molecule has 0 bridgehead atoms. The van der Waals surface area contributed by atoms with E-state index in [0.717, 1.165) is 75.7 Å². The third kappa shape index (κ3) is 7.85. The van der Waals surface area contributed by atoms with Crippen LogP contribution in [0.5, 0.6) is 0 Å². The maximum Gasteiger partial charge on any atom is 0.124 e. The Hall–Kier alpha value is -8.68. The Morgan fingerprint density at radius 3 is 0.957 bits per heavy atom. The number of thiazole rings is 2. The summed E-state index contributed by atoms with van der Waals surface area (Å²) >= 11 is 3.47. The molecule has 2 heterocycles. The zero-order valence-corrected chi connectivity index (χ0v) is 39.5. The molecule has 0 saturated carbocycles. The van der Waals surface area contributed by atoms with Gasteiger partial charge >= 0.3 is 0 Å². The van der Waals surface area contributed by atoms with Crippen LogP contribution in [-0.4, -0.2) is 9.97 Å². The first kappa shape index (κ1) is 41.5. The zero-order chi connectivity index (χ0) is 46.4. The Kier molecular flexibility index (Phi) is 10.5. The lowest BCUT2D eigenvalue weighted by atomic mass is 9.99. The average Bonchev–Trinajstić information content (AvgIpc) is 4.07. The van der Waals surface area contributed by atoms with Gasteiger partial charge in [0.05, 0.1) is 20.4 Å². The number of anilines is 6. The van der Waals surface area contributed by atoms with Gasteiger partial charge in [-0.1, -0.05) is 170 Å². The van der Waals surface area contributed by atoms with Crippen LogP contribution in [0.2, 0.25) is 0 Å². The maximum atomic E-state index is 5.03. The molecule has 2 aromatic heterocycles. The Labute approximate surface area is 414 Å². The Balaban J connectivity index is 0.895. The smallest absolute Gasteiger partial charge is 0.124 e. The van der Waals surface area contributed by atoms with Gasteiger partial charge in [0, 0.05) is 45.3 Å². The zero-order valence-electron chi connectivity index (χ0n) is 37.9. The second kappa shape index (κ2) is 17.8. The van der Waals surface area contributed by atoms with Gasteiger partial charge in [0.1, 0.15) is 10.0 Å². The highest BCUT2D eigenvalue weighted by Crippen LogP contribution is 2.44. The number of hydrogen-bond acceptors (Lipinski definition) is 6. The van der Waals surface area contributed by atoms with Gasteiger partial charge in [-0.2, -0.15) is 0 Å². The molecule has 0 amide bonds. The first-order valence-electron chi connectivity index (χ1n) is 23.5. The molecular formula is C64H42N4S2. The van der Waals surface area contributed by atoms with Gasteiger partial charge in [-0.25, -0.2) is 9.97 Å². The lowest BCUT2D eigenvalue weighted by molar-refractivity contribution is 1.29. The molecule has 0 atom stereocenters. The van der Waals surface area contributed by atoms with Gasteiger partial charge < -0.3 is 9.80 Å². The van der Waals surface area contributed by atoms with Crippen LogP contribution in [0.15, 0.2) is 255 Å². The summed E-state index contributed by atoms with van der Waals surface area (Å²) in [5, 5.41) is 6.80. The Morgan fingerprint density at radius 1 is 0.257 bits per heavy atom. The Morgan fingerprint density at radius 2 is 0.571 bits per heavy atom. The standard InChI is InChI=1S/C64H42N4S2/c1-5-13-43(14-6-1)45-23-27-51(28-24-45)67(55-33-37-59-61(41-55)69-63(65-59)47-17-9-3-10-18-47)53-31-35-57-49(39-53)21-22-50-40-54(32-36-58(50)57)68(52-29-25-46(26-30-52)44-15-7-2-8-16-44)56-34-38-60-62(42-56)70-64(66-60)48-19-11-4-12-20-48/h1-42H. The van der Waals surface area contributed by atoms with Gasteiger partial charge in [0.2, 0.25) is 0 Å². The van der Waals surface area contributed by atoms with Crippen LogP contribution >= 0.6 is 22.7 Å². The predicted molar refractivity (Wildman–Crippen MR) is 299 cm³/mol. The number of fused-ring (bicyclic) bond motifs is 5. The minimum atomic E-state index is 1.00. The van der Waals surface area contributed by atoms with Crippen molar-refractivity contribution in [2.24, 2.45) is 0 Å². The van der Waals surface area contributed by atoms with Gasteiger partial charge in [-0.05, 0) is 129 Å². The third-order valence-corrected chi connectivity index (χ3v) is 15.2. The topological polar surface area (TPSA) is 32.3 Å².